The number of benzene rings is 2. The van der Waals surface area contributed by atoms with Crippen LogP contribution in [0.25, 0.3) is 22.3 Å². The van der Waals surface area contributed by atoms with Gasteiger partial charge in [-0.2, -0.15) is 0 Å². The molecule has 0 amide bonds. The van der Waals surface area contributed by atoms with E-state index in [1.54, 1.807) is 39.8 Å². The van der Waals surface area contributed by atoms with Crippen LogP contribution in [-0.4, -0.2) is 35.2 Å². The average Bonchev–Trinajstić information content (AvgIpc) is 3.24. The molecular weight excluding hydrogens is 552 g/mol. The third-order valence-electron chi connectivity index (χ3n) is 9.93. The maximum Gasteiger partial charge on any atom is 0.351 e. The van der Waals surface area contributed by atoms with Crippen molar-refractivity contribution in [3.63, 3.8) is 0 Å². The second kappa shape index (κ2) is 9.43. The summed E-state index contributed by atoms with van der Waals surface area (Å²) in [6.45, 7) is 12.4. The van der Waals surface area contributed by atoms with Crippen LogP contribution in [0.2, 0.25) is 0 Å². The normalized spacial score (nSPS) is 28.2. The molecule has 3 aliphatic rings. The van der Waals surface area contributed by atoms with Crippen LogP contribution in [0, 0.1) is 16.7 Å². The van der Waals surface area contributed by atoms with Crippen LogP contribution in [0.5, 0.6) is 5.75 Å². The first kappa shape index (κ1) is 29.0. The highest BCUT2D eigenvalue weighted by molar-refractivity contribution is 5.94. The number of fused-ring (bicyclic) bond motifs is 5. The lowest BCUT2D eigenvalue weighted by Gasteiger charge is -2.44. The van der Waals surface area contributed by atoms with Crippen LogP contribution in [-0.2, 0) is 28.6 Å². The van der Waals surface area contributed by atoms with Crippen molar-refractivity contribution in [1.82, 2.24) is 0 Å². The van der Waals surface area contributed by atoms with Crippen molar-refractivity contribution >= 4 is 28.9 Å². The molecule has 226 valence electrons. The SMILES string of the molecule is CC(C)C(=O)O[C@@H]1[C@H](OC(=O)C23CCC(C)(C(=O)O2)C3(C)C)c2c(ccc3c(=O)cc(-c4ccccc4)oc23)OC1(C)C. The van der Waals surface area contributed by atoms with Crippen molar-refractivity contribution in [3.8, 4) is 17.1 Å². The first-order chi connectivity index (χ1) is 20.1. The van der Waals surface area contributed by atoms with E-state index in [1.807, 2.05) is 51.1 Å². The van der Waals surface area contributed by atoms with Crippen LogP contribution >= 0.6 is 0 Å². The van der Waals surface area contributed by atoms with Crippen LogP contribution in [0.15, 0.2) is 57.7 Å². The molecule has 0 radical (unpaired) electrons. The van der Waals surface area contributed by atoms with E-state index in [2.05, 4.69) is 0 Å². The van der Waals surface area contributed by atoms with Crippen molar-refractivity contribution in [3.05, 3.63) is 64.3 Å². The topological polar surface area (TPSA) is 118 Å². The lowest BCUT2D eigenvalue weighted by atomic mass is 9.66. The largest absolute Gasteiger partial charge is 0.483 e. The number of carbonyl (C=O) groups excluding carboxylic acids is 3. The summed E-state index contributed by atoms with van der Waals surface area (Å²) in [7, 11) is 0. The van der Waals surface area contributed by atoms with Gasteiger partial charge in [-0.25, -0.2) is 4.79 Å². The van der Waals surface area contributed by atoms with Gasteiger partial charge in [0.05, 0.1) is 22.3 Å². The smallest absolute Gasteiger partial charge is 0.351 e. The minimum atomic E-state index is -1.53. The Morgan fingerprint density at radius 1 is 0.907 bits per heavy atom. The second-order valence-corrected chi connectivity index (χ2v) is 13.4. The monoisotopic (exact) mass is 588 g/mol. The lowest BCUT2D eigenvalue weighted by Crippen LogP contribution is -2.55. The molecule has 43 heavy (non-hydrogen) atoms. The van der Waals surface area contributed by atoms with Gasteiger partial charge in [0, 0.05) is 17.0 Å². The van der Waals surface area contributed by atoms with Gasteiger partial charge < -0.3 is 23.4 Å². The molecule has 2 unspecified atom stereocenters. The van der Waals surface area contributed by atoms with E-state index in [4.69, 9.17) is 23.4 Å². The van der Waals surface area contributed by atoms with Gasteiger partial charge in [0.2, 0.25) is 5.60 Å². The fraction of sp³-hybridized carbons (Fsp3) is 0.471. The summed E-state index contributed by atoms with van der Waals surface area (Å²) in [5.41, 5.74) is -3.62. The fourth-order valence-electron chi connectivity index (χ4n) is 6.68. The molecule has 2 fully saturated rings. The Hall–Kier alpha value is -4.14. The molecule has 1 aliphatic carbocycles. The number of hydrogen-bond acceptors (Lipinski definition) is 9. The van der Waals surface area contributed by atoms with E-state index in [-0.39, 0.29) is 22.0 Å². The van der Waals surface area contributed by atoms with Crippen molar-refractivity contribution in [2.45, 2.75) is 84.7 Å². The highest BCUT2D eigenvalue weighted by atomic mass is 16.6. The first-order valence-electron chi connectivity index (χ1n) is 14.6. The Morgan fingerprint density at radius 2 is 1.60 bits per heavy atom. The molecule has 2 aliphatic heterocycles. The number of carbonyl (C=O) groups is 3. The second-order valence-electron chi connectivity index (χ2n) is 13.4. The molecule has 9 nitrogen and oxygen atoms in total. The fourth-order valence-corrected chi connectivity index (χ4v) is 6.68. The molecule has 2 bridgehead atoms. The Bertz CT molecular complexity index is 1720. The molecule has 3 aromatic rings. The molecule has 6 rings (SSSR count). The molecular formula is C34H36O9. The minimum Gasteiger partial charge on any atom is -0.483 e. The number of ether oxygens (including phenoxy) is 4. The number of esters is 3. The quantitative estimate of drug-likeness (QED) is 0.265. The molecule has 3 heterocycles. The standard InChI is InChI=1S/C34H36O9/c1-18(2)28(36)41-27-26(40-30(38)34-16-15-33(7,29(37)43-34)32(34,5)6)24-22(42-31(27,3)4)14-13-20-21(35)17-23(39-25(20)24)19-11-9-8-10-12-19/h8-14,17-18,26-27H,15-16H2,1-7H3/t26-,27-,33?,34?/m1/s1. The molecule has 0 spiro atoms. The molecule has 4 atom stereocenters. The van der Waals surface area contributed by atoms with E-state index in [0.717, 1.165) is 0 Å². The summed E-state index contributed by atoms with van der Waals surface area (Å²) in [6, 6.07) is 13.8. The molecule has 1 saturated heterocycles. The van der Waals surface area contributed by atoms with Gasteiger partial charge in [-0.3, -0.25) is 14.4 Å². The highest BCUT2D eigenvalue weighted by Gasteiger charge is 2.77. The molecule has 9 heteroatoms. The summed E-state index contributed by atoms with van der Waals surface area (Å²) < 4.78 is 30.9. The molecule has 1 aromatic heterocycles. The maximum atomic E-state index is 14.3. The van der Waals surface area contributed by atoms with E-state index < -0.39 is 58.1 Å². The highest BCUT2D eigenvalue weighted by Crippen LogP contribution is 2.66. The van der Waals surface area contributed by atoms with Gasteiger partial charge >= 0.3 is 17.9 Å². The summed E-state index contributed by atoms with van der Waals surface area (Å²) in [4.78, 5) is 53.7. The van der Waals surface area contributed by atoms with Gasteiger partial charge in [-0.05, 0) is 45.7 Å². The molecule has 1 saturated carbocycles. The molecule has 2 aromatic carbocycles. The summed E-state index contributed by atoms with van der Waals surface area (Å²) >= 11 is 0. The zero-order chi connectivity index (χ0) is 31.1. The zero-order valence-electron chi connectivity index (χ0n) is 25.4. The zero-order valence-corrected chi connectivity index (χ0v) is 25.4. The van der Waals surface area contributed by atoms with Crippen molar-refractivity contribution in [1.29, 1.82) is 0 Å². The molecule has 0 N–H and O–H groups in total. The lowest BCUT2D eigenvalue weighted by molar-refractivity contribution is -0.208. The van der Waals surface area contributed by atoms with Crippen molar-refractivity contribution in [2.75, 3.05) is 0 Å². The Kier molecular flexibility index (Phi) is 6.35. The van der Waals surface area contributed by atoms with E-state index in [1.165, 1.54) is 6.07 Å². The summed E-state index contributed by atoms with van der Waals surface area (Å²) in [5, 5.41) is 0.246. The van der Waals surface area contributed by atoms with Gasteiger partial charge in [-0.1, -0.05) is 58.0 Å². The average molecular weight is 589 g/mol. The summed E-state index contributed by atoms with van der Waals surface area (Å²) in [5.74, 6) is -1.56. The van der Waals surface area contributed by atoms with E-state index in [9.17, 15) is 19.2 Å². The van der Waals surface area contributed by atoms with Crippen molar-refractivity contribution < 1.29 is 37.7 Å². The Labute approximate surface area is 249 Å². The maximum absolute atomic E-state index is 14.3. The van der Waals surface area contributed by atoms with Crippen LogP contribution in [0.4, 0.5) is 0 Å². The van der Waals surface area contributed by atoms with Crippen LogP contribution in [0.1, 0.15) is 73.0 Å². The number of rotatable bonds is 5. The van der Waals surface area contributed by atoms with Crippen molar-refractivity contribution in [2.24, 2.45) is 16.7 Å². The Morgan fingerprint density at radius 3 is 2.21 bits per heavy atom. The Balaban J connectivity index is 1.55. The predicted molar refractivity (Wildman–Crippen MR) is 156 cm³/mol. The van der Waals surface area contributed by atoms with E-state index >= 15 is 0 Å². The van der Waals surface area contributed by atoms with Crippen LogP contribution < -0.4 is 10.2 Å². The summed E-state index contributed by atoms with van der Waals surface area (Å²) in [6.07, 6.45) is -1.62. The first-order valence-corrected chi connectivity index (χ1v) is 14.6. The van der Waals surface area contributed by atoms with Crippen LogP contribution in [0.3, 0.4) is 0 Å². The van der Waals surface area contributed by atoms with Gasteiger partial charge in [-0.15, -0.1) is 0 Å². The van der Waals surface area contributed by atoms with Gasteiger partial charge in [0.1, 0.15) is 22.7 Å². The third-order valence-corrected chi connectivity index (χ3v) is 9.93. The van der Waals surface area contributed by atoms with Gasteiger partial charge in [0.15, 0.2) is 17.6 Å². The third kappa shape index (κ3) is 4.03. The van der Waals surface area contributed by atoms with Gasteiger partial charge in [0.25, 0.3) is 0 Å². The minimum absolute atomic E-state index is 0.152. The van der Waals surface area contributed by atoms with E-state index in [0.29, 0.717) is 29.9 Å². The predicted octanol–water partition coefficient (Wildman–Crippen LogP) is 5.91. The number of hydrogen-bond donors (Lipinski definition) is 0.